The summed E-state index contributed by atoms with van der Waals surface area (Å²) in [5.41, 5.74) is 1.04. The molecule has 8 nitrogen and oxygen atoms in total. The zero-order chi connectivity index (χ0) is 19.5. The molecule has 146 valence electrons. The number of aryl methyl sites for hydroxylation is 1. The number of carbonyl (C=O) groups excluding carboxylic acids is 1. The van der Waals surface area contributed by atoms with E-state index in [1.807, 2.05) is 40.7 Å². The fourth-order valence-corrected chi connectivity index (χ4v) is 3.57. The summed E-state index contributed by atoms with van der Waals surface area (Å²) in [4.78, 5) is 12.2. The van der Waals surface area contributed by atoms with Crippen LogP contribution in [0.25, 0.3) is 0 Å². The Kier molecular flexibility index (Phi) is 5.10. The summed E-state index contributed by atoms with van der Waals surface area (Å²) >= 11 is 0. The third kappa shape index (κ3) is 4.05. The standard InChI is InChI=1S/C20H24N6O2/c1-25-18(13-26-10-2-9-21-26)23-24-20(25)15-11-16(12-15)22-19(28)8-5-14-3-6-17(27)7-4-14/h2-4,6-7,9-10,15-16,27H,5,8,11-13H2,1H3,(H,22,28). The molecule has 28 heavy (non-hydrogen) atoms. The number of amides is 1. The van der Waals surface area contributed by atoms with Crippen LogP contribution in [0.15, 0.2) is 42.7 Å². The van der Waals surface area contributed by atoms with Gasteiger partial charge in [0.2, 0.25) is 5.91 Å². The summed E-state index contributed by atoms with van der Waals surface area (Å²) in [5, 5.41) is 25.3. The van der Waals surface area contributed by atoms with E-state index in [2.05, 4.69) is 20.6 Å². The number of aromatic hydroxyl groups is 1. The van der Waals surface area contributed by atoms with Gasteiger partial charge in [-0.25, -0.2) is 0 Å². The van der Waals surface area contributed by atoms with Crippen molar-refractivity contribution >= 4 is 5.91 Å². The number of phenolic OH excluding ortho intramolecular Hbond substituents is 1. The van der Waals surface area contributed by atoms with Crippen LogP contribution in [-0.2, 0) is 24.8 Å². The van der Waals surface area contributed by atoms with Gasteiger partial charge in [0.05, 0.1) is 0 Å². The number of hydrogen-bond acceptors (Lipinski definition) is 5. The number of nitrogens with zero attached hydrogens (tertiary/aromatic N) is 5. The maximum atomic E-state index is 12.2. The van der Waals surface area contributed by atoms with Crippen LogP contribution >= 0.6 is 0 Å². The fourth-order valence-electron chi connectivity index (χ4n) is 3.57. The quantitative estimate of drug-likeness (QED) is 0.651. The van der Waals surface area contributed by atoms with Crippen molar-refractivity contribution < 1.29 is 9.90 Å². The van der Waals surface area contributed by atoms with Crippen molar-refractivity contribution in [1.82, 2.24) is 29.9 Å². The molecule has 0 aliphatic heterocycles. The summed E-state index contributed by atoms with van der Waals surface area (Å²) in [6.45, 7) is 0.598. The van der Waals surface area contributed by atoms with Gasteiger partial charge in [-0.1, -0.05) is 12.1 Å². The highest BCUT2D eigenvalue weighted by Crippen LogP contribution is 2.36. The highest BCUT2D eigenvalue weighted by atomic mass is 16.3. The van der Waals surface area contributed by atoms with E-state index in [9.17, 15) is 9.90 Å². The Balaban J connectivity index is 1.24. The number of benzene rings is 1. The highest BCUT2D eigenvalue weighted by molar-refractivity contribution is 5.76. The molecule has 0 saturated heterocycles. The van der Waals surface area contributed by atoms with Gasteiger partial charge in [0.25, 0.3) is 0 Å². The van der Waals surface area contributed by atoms with Crippen LogP contribution in [0.3, 0.4) is 0 Å². The van der Waals surface area contributed by atoms with Crippen molar-refractivity contribution in [2.45, 2.75) is 44.2 Å². The monoisotopic (exact) mass is 380 g/mol. The molecule has 0 bridgehead atoms. The number of rotatable bonds is 7. The number of hydrogen-bond donors (Lipinski definition) is 2. The average molecular weight is 380 g/mol. The molecule has 0 atom stereocenters. The van der Waals surface area contributed by atoms with E-state index in [1.165, 1.54) is 0 Å². The Hall–Kier alpha value is -3.16. The molecule has 2 aromatic heterocycles. The molecule has 4 rings (SSSR count). The van der Waals surface area contributed by atoms with Crippen LogP contribution in [0.1, 0.15) is 42.4 Å². The van der Waals surface area contributed by atoms with E-state index in [4.69, 9.17) is 0 Å². The normalized spacial score (nSPS) is 18.6. The van der Waals surface area contributed by atoms with Crippen LogP contribution in [0.5, 0.6) is 5.75 Å². The second-order valence-electron chi connectivity index (χ2n) is 7.34. The first-order valence-corrected chi connectivity index (χ1v) is 9.51. The number of phenols is 1. The van der Waals surface area contributed by atoms with Crippen molar-refractivity contribution in [3.8, 4) is 5.75 Å². The topological polar surface area (TPSA) is 97.9 Å². The van der Waals surface area contributed by atoms with Crippen molar-refractivity contribution in [3.05, 3.63) is 59.9 Å². The molecule has 1 amide bonds. The van der Waals surface area contributed by atoms with Gasteiger partial charge in [0.1, 0.15) is 18.1 Å². The predicted molar refractivity (Wildman–Crippen MR) is 103 cm³/mol. The van der Waals surface area contributed by atoms with Crippen LogP contribution in [0, 0.1) is 0 Å². The molecular formula is C20H24N6O2. The van der Waals surface area contributed by atoms with E-state index in [0.29, 0.717) is 25.3 Å². The lowest BCUT2D eigenvalue weighted by molar-refractivity contribution is -0.122. The largest absolute Gasteiger partial charge is 0.508 e. The second kappa shape index (κ2) is 7.84. The molecule has 2 heterocycles. The summed E-state index contributed by atoms with van der Waals surface area (Å²) in [6, 6.07) is 9.06. The van der Waals surface area contributed by atoms with E-state index in [1.54, 1.807) is 18.3 Å². The van der Waals surface area contributed by atoms with Gasteiger partial charge in [-0.15, -0.1) is 10.2 Å². The molecule has 0 spiro atoms. The Morgan fingerprint density at radius 2 is 2.04 bits per heavy atom. The molecule has 1 aliphatic carbocycles. The second-order valence-corrected chi connectivity index (χ2v) is 7.34. The lowest BCUT2D eigenvalue weighted by Crippen LogP contribution is -2.44. The Morgan fingerprint density at radius 1 is 1.25 bits per heavy atom. The summed E-state index contributed by atoms with van der Waals surface area (Å²) < 4.78 is 3.86. The zero-order valence-electron chi connectivity index (χ0n) is 15.8. The van der Waals surface area contributed by atoms with E-state index in [-0.39, 0.29) is 17.7 Å². The number of aromatic nitrogens is 5. The molecule has 1 aliphatic rings. The molecule has 8 heteroatoms. The maximum Gasteiger partial charge on any atom is 0.220 e. The van der Waals surface area contributed by atoms with Crippen LogP contribution in [-0.4, -0.2) is 41.6 Å². The van der Waals surface area contributed by atoms with E-state index >= 15 is 0 Å². The van der Waals surface area contributed by atoms with Gasteiger partial charge in [0.15, 0.2) is 5.82 Å². The lowest BCUT2D eigenvalue weighted by Gasteiger charge is -2.35. The van der Waals surface area contributed by atoms with E-state index in [0.717, 1.165) is 30.1 Å². The minimum Gasteiger partial charge on any atom is -0.508 e. The van der Waals surface area contributed by atoms with Crippen LogP contribution in [0.2, 0.25) is 0 Å². The van der Waals surface area contributed by atoms with Crippen LogP contribution < -0.4 is 5.32 Å². The smallest absolute Gasteiger partial charge is 0.220 e. The number of nitrogens with one attached hydrogen (secondary N) is 1. The first-order valence-electron chi connectivity index (χ1n) is 9.51. The molecule has 2 N–H and O–H groups in total. The van der Waals surface area contributed by atoms with Crippen molar-refractivity contribution in [2.75, 3.05) is 0 Å². The van der Waals surface area contributed by atoms with Crippen molar-refractivity contribution in [2.24, 2.45) is 7.05 Å². The zero-order valence-corrected chi connectivity index (χ0v) is 15.8. The molecule has 0 radical (unpaired) electrons. The minimum atomic E-state index is 0.0638. The maximum absolute atomic E-state index is 12.2. The highest BCUT2D eigenvalue weighted by Gasteiger charge is 2.34. The number of carbonyl (C=O) groups is 1. The lowest BCUT2D eigenvalue weighted by atomic mass is 9.79. The molecule has 1 saturated carbocycles. The van der Waals surface area contributed by atoms with Gasteiger partial charge in [0, 0.05) is 37.8 Å². The molecule has 0 unspecified atom stereocenters. The van der Waals surface area contributed by atoms with Crippen LogP contribution in [0.4, 0.5) is 0 Å². The SMILES string of the molecule is Cn1c(Cn2cccn2)nnc1C1CC(NC(=O)CCc2ccc(O)cc2)C1. The Bertz CT molecular complexity index is 926. The minimum absolute atomic E-state index is 0.0638. The summed E-state index contributed by atoms with van der Waals surface area (Å²) in [7, 11) is 1.98. The van der Waals surface area contributed by atoms with Gasteiger partial charge < -0.3 is 15.0 Å². The van der Waals surface area contributed by atoms with E-state index < -0.39 is 0 Å². The van der Waals surface area contributed by atoms with Crippen molar-refractivity contribution in [1.29, 1.82) is 0 Å². The third-order valence-corrected chi connectivity index (χ3v) is 5.31. The average Bonchev–Trinajstić information content (AvgIpc) is 3.29. The first kappa shape index (κ1) is 18.2. The molecule has 1 aromatic carbocycles. The van der Waals surface area contributed by atoms with Gasteiger partial charge in [-0.3, -0.25) is 9.48 Å². The summed E-state index contributed by atoms with van der Waals surface area (Å²) in [6.07, 6.45) is 6.54. The third-order valence-electron chi connectivity index (χ3n) is 5.31. The predicted octanol–water partition coefficient (Wildman–Crippen LogP) is 1.76. The molecule has 1 fully saturated rings. The van der Waals surface area contributed by atoms with Crippen molar-refractivity contribution in [3.63, 3.8) is 0 Å². The fraction of sp³-hybridized carbons (Fsp3) is 0.400. The van der Waals surface area contributed by atoms with Gasteiger partial charge in [-0.2, -0.15) is 5.10 Å². The van der Waals surface area contributed by atoms with Gasteiger partial charge in [-0.05, 0) is 43.0 Å². The Morgan fingerprint density at radius 3 is 2.75 bits per heavy atom. The summed E-state index contributed by atoms with van der Waals surface area (Å²) in [5.74, 6) is 2.47. The molecule has 3 aromatic rings. The van der Waals surface area contributed by atoms with Gasteiger partial charge >= 0.3 is 0 Å². The Labute approximate surface area is 163 Å². The first-order chi connectivity index (χ1) is 13.6. The molecular weight excluding hydrogens is 356 g/mol.